The molecule has 0 fully saturated rings. The van der Waals surface area contributed by atoms with Gasteiger partial charge in [-0.15, -0.1) is 0 Å². The molecule has 0 radical (unpaired) electrons. The SMILES string of the molecule is O=C(O)c1ccccc1Oc1cccc(OC/C=C/c2ccccc2)c1. The van der Waals surface area contributed by atoms with Crippen molar-refractivity contribution in [3.05, 3.63) is 96.1 Å². The fourth-order valence-electron chi connectivity index (χ4n) is 2.38. The fourth-order valence-corrected chi connectivity index (χ4v) is 2.38. The van der Waals surface area contributed by atoms with Crippen LogP contribution in [0.5, 0.6) is 17.2 Å². The maximum Gasteiger partial charge on any atom is 0.339 e. The summed E-state index contributed by atoms with van der Waals surface area (Å²) in [7, 11) is 0. The fraction of sp³-hybridized carbons (Fsp3) is 0.0455. The first-order valence-electron chi connectivity index (χ1n) is 8.17. The van der Waals surface area contributed by atoms with Crippen LogP contribution in [0.1, 0.15) is 15.9 Å². The molecule has 0 amide bonds. The van der Waals surface area contributed by atoms with Crippen LogP contribution in [0.2, 0.25) is 0 Å². The monoisotopic (exact) mass is 346 g/mol. The van der Waals surface area contributed by atoms with Gasteiger partial charge in [0.25, 0.3) is 0 Å². The van der Waals surface area contributed by atoms with Gasteiger partial charge in [-0.1, -0.05) is 54.6 Å². The summed E-state index contributed by atoms with van der Waals surface area (Å²) < 4.78 is 11.4. The van der Waals surface area contributed by atoms with Gasteiger partial charge >= 0.3 is 5.97 Å². The van der Waals surface area contributed by atoms with Crippen LogP contribution < -0.4 is 9.47 Å². The van der Waals surface area contributed by atoms with E-state index in [1.54, 1.807) is 36.4 Å². The molecule has 0 atom stereocenters. The minimum absolute atomic E-state index is 0.115. The number of carbonyl (C=O) groups is 1. The Kier molecular flexibility index (Phi) is 5.68. The number of benzene rings is 3. The predicted octanol–water partition coefficient (Wildman–Crippen LogP) is 5.27. The Hall–Kier alpha value is -3.53. The Labute approximate surface area is 151 Å². The van der Waals surface area contributed by atoms with Crippen LogP contribution in [-0.2, 0) is 0 Å². The van der Waals surface area contributed by atoms with E-state index < -0.39 is 5.97 Å². The topological polar surface area (TPSA) is 55.8 Å². The van der Waals surface area contributed by atoms with Gasteiger partial charge in [-0.3, -0.25) is 0 Å². The zero-order valence-electron chi connectivity index (χ0n) is 14.0. The number of carboxylic acid groups (broad SMARTS) is 1. The smallest absolute Gasteiger partial charge is 0.339 e. The molecule has 0 aromatic heterocycles. The lowest BCUT2D eigenvalue weighted by Gasteiger charge is -2.10. The summed E-state index contributed by atoms with van der Waals surface area (Å²) >= 11 is 0. The number of para-hydroxylation sites is 1. The average molecular weight is 346 g/mol. The quantitative estimate of drug-likeness (QED) is 0.633. The van der Waals surface area contributed by atoms with Gasteiger partial charge < -0.3 is 14.6 Å². The molecule has 3 rings (SSSR count). The Balaban J connectivity index is 1.63. The van der Waals surface area contributed by atoms with Gasteiger partial charge in [-0.25, -0.2) is 4.79 Å². The first-order valence-corrected chi connectivity index (χ1v) is 8.17. The van der Waals surface area contributed by atoms with Gasteiger partial charge in [0, 0.05) is 6.07 Å². The largest absolute Gasteiger partial charge is 0.489 e. The molecular weight excluding hydrogens is 328 g/mol. The van der Waals surface area contributed by atoms with E-state index in [0.29, 0.717) is 23.9 Å². The molecule has 0 unspecified atom stereocenters. The van der Waals surface area contributed by atoms with Crippen LogP contribution in [-0.4, -0.2) is 17.7 Å². The molecule has 0 heterocycles. The lowest BCUT2D eigenvalue weighted by Crippen LogP contribution is -1.99. The lowest BCUT2D eigenvalue weighted by atomic mass is 10.2. The molecule has 4 nitrogen and oxygen atoms in total. The van der Waals surface area contributed by atoms with Crippen molar-refractivity contribution in [3.8, 4) is 17.2 Å². The number of hydrogen-bond donors (Lipinski definition) is 1. The summed E-state index contributed by atoms with van der Waals surface area (Å²) in [5, 5.41) is 9.22. The van der Waals surface area contributed by atoms with Crippen molar-refractivity contribution in [2.75, 3.05) is 6.61 Å². The van der Waals surface area contributed by atoms with Gasteiger partial charge in [-0.2, -0.15) is 0 Å². The number of rotatable bonds is 7. The van der Waals surface area contributed by atoms with Crippen molar-refractivity contribution in [2.24, 2.45) is 0 Å². The number of carboxylic acids is 1. The molecule has 3 aromatic carbocycles. The Morgan fingerprint density at radius 2 is 1.62 bits per heavy atom. The van der Waals surface area contributed by atoms with Gasteiger partial charge in [-0.05, 0) is 35.9 Å². The van der Waals surface area contributed by atoms with Crippen molar-refractivity contribution < 1.29 is 19.4 Å². The van der Waals surface area contributed by atoms with Crippen molar-refractivity contribution in [3.63, 3.8) is 0 Å². The van der Waals surface area contributed by atoms with Crippen LogP contribution in [0.25, 0.3) is 6.08 Å². The predicted molar refractivity (Wildman–Crippen MR) is 101 cm³/mol. The average Bonchev–Trinajstić information content (AvgIpc) is 2.67. The van der Waals surface area contributed by atoms with Crippen molar-refractivity contribution in [2.45, 2.75) is 0 Å². The van der Waals surface area contributed by atoms with E-state index in [-0.39, 0.29) is 5.56 Å². The molecule has 0 bridgehead atoms. The lowest BCUT2D eigenvalue weighted by molar-refractivity contribution is 0.0694. The Morgan fingerprint density at radius 1 is 0.885 bits per heavy atom. The molecule has 0 aliphatic carbocycles. The number of hydrogen-bond acceptors (Lipinski definition) is 3. The van der Waals surface area contributed by atoms with Crippen LogP contribution in [0, 0.1) is 0 Å². The molecule has 130 valence electrons. The summed E-state index contributed by atoms with van der Waals surface area (Å²) in [4.78, 5) is 11.3. The normalized spacial score (nSPS) is 10.6. The molecular formula is C22H18O4. The van der Waals surface area contributed by atoms with E-state index in [2.05, 4.69) is 0 Å². The molecule has 3 aromatic rings. The van der Waals surface area contributed by atoms with Crippen LogP contribution >= 0.6 is 0 Å². The van der Waals surface area contributed by atoms with E-state index in [1.165, 1.54) is 6.07 Å². The molecule has 0 aliphatic rings. The minimum Gasteiger partial charge on any atom is -0.489 e. The minimum atomic E-state index is -1.03. The maximum atomic E-state index is 11.3. The molecule has 0 saturated carbocycles. The zero-order chi connectivity index (χ0) is 18.2. The van der Waals surface area contributed by atoms with E-state index in [9.17, 15) is 9.90 Å². The first-order chi connectivity index (χ1) is 12.7. The highest BCUT2D eigenvalue weighted by Crippen LogP contribution is 2.28. The first kappa shape index (κ1) is 17.3. The van der Waals surface area contributed by atoms with Crippen molar-refractivity contribution >= 4 is 12.0 Å². The second kappa shape index (κ2) is 8.53. The van der Waals surface area contributed by atoms with Gasteiger partial charge in [0.1, 0.15) is 29.4 Å². The van der Waals surface area contributed by atoms with Gasteiger partial charge in [0.2, 0.25) is 0 Å². The summed E-state index contributed by atoms with van der Waals surface area (Å²) in [6, 6.07) is 23.6. The molecule has 0 saturated heterocycles. The van der Waals surface area contributed by atoms with Crippen LogP contribution in [0.3, 0.4) is 0 Å². The van der Waals surface area contributed by atoms with E-state index in [4.69, 9.17) is 9.47 Å². The summed E-state index contributed by atoms with van der Waals surface area (Å²) in [5.74, 6) is 0.427. The molecule has 0 spiro atoms. The molecule has 0 aliphatic heterocycles. The second-order valence-corrected chi connectivity index (χ2v) is 5.50. The highest BCUT2D eigenvalue weighted by molar-refractivity contribution is 5.90. The van der Waals surface area contributed by atoms with Gasteiger partial charge in [0.05, 0.1) is 0 Å². The van der Waals surface area contributed by atoms with Gasteiger partial charge in [0.15, 0.2) is 0 Å². The Bertz CT molecular complexity index is 901. The van der Waals surface area contributed by atoms with E-state index in [1.807, 2.05) is 48.6 Å². The molecule has 1 N–H and O–H groups in total. The summed E-state index contributed by atoms with van der Waals surface area (Å²) in [6.45, 7) is 0.421. The van der Waals surface area contributed by atoms with Crippen LogP contribution in [0.4, 0.5) is 0 Å². The van der Waals surface area contributed by atoms with Crippen molar-refractivity contribution in [1.29, 1.82) is 0 Å². The number of ether oxygens (including phenoxy) is 2. The number of aromatic carboxylic acids is 1. The standard InChI is InChI=1S/C22H18O4/c23-22(24)20-13-4-5-14-21(20)26-19-12-6-11-18(16-19)25-15-7-10-17-8-2-1-3-9-17/h1-14,16H,15H2,(H,23,24)/b10-7+. The third kappa shape index (κ3) is 4.74. The third-order valence-electron chi connectivity index (χ3n) is 3.61. The maximum absolute atomic E-state index is 11.3. The third-order valence-corrected chi connectivity index (χ3v) is 3.61. The molecule has 4 heteroatoms. The Morgan fingerprint density at radius 3 is 2.42 bits per heavy atom. The van der Waals surface area contributed by atoms with E-state index >= 15 is 0 Å². The van der Waals surface area contributed by atoms with Crippen molar-refractivity contribution in [1.82, 2.24) is 0 Å². The summed E-state index contributed by atoms with van der Waals surface area (Å²) in [5.41, 5.74) is 1.23. The molecule has 26 heavy (non-hydrogen) atoms. The highest BCUT2D eigenvalue weighted by atomic mass is 16.5. The summed E-state index contributed by atoms with van der Waals surface area (Å²) in [6.07, 6.45) is 3.92. The van der Waals surface area contributed by atoms with Crippen LogP contribution in [0.15, 0.2) is 84.9 Å². The second-order valence-electron chi connectivity index (χ2n) is 5.50. The zero-order valence-corrected chi connectivity index (χ0v) is 14.0. The highest BCUT2D eigenvalue weighted by Gasteiger charge is 2.11. The van der Waals surface area contributed by atoms with E-state index in [0.717, 1.165) is 5.56 Å².